The van der Waals surface area contributed by atoms with Gasteiger partial charge < -0.3 is 5.32 Å². The van der Waals surface area contributed by atoms with Crippen molar-refractivity contribution in [1.29, 1.82) is 0 Å². The maximum atomic E-state index is 12.5. The number of rotatable bonds is 7. The Morgan fingerprint density at radius 3 is 2.52 bits per heavy atom. The summed E-state index contributed by atoms with van der Waals surface area (Å²) < 4.78 is 0. The molecule has 0 spiro atoms. The summed E-state index contributed by atoms with van der Waals surface area (Å²) in [6.45, 7) is 0.106. The van der Waals surface area contributed by atoms with E-state index >= 15 is 0 Å². The van der Waals surface area contributed by atoms with Crippen LogP contribution in [0.15, 0.2) is 47.4 Å². The zero-order valence-corrected chi connectivity index (χ0v) is 18.2. The standard InChI is InChI=1S/C20H15Cl2N3O5S/c21-14-4-3-13(16(22)11-14)10-18(26)23-7-8-24-19(27)17(31-20(24)28)9-12-1-5-15(6-2-12)25(29)30/h1-6,9,11H,7-8,10H2,(H,23,26)/b17-9-. The number of non-ortho nitro benzene ring substituents is 1. The van der Waals surface area contributed by atoms with Crippen LogP contribution in [-0.4, -0.2) is 40.0 Å². The van der Waals surface area contributed by atoms with E-state index in [1.165, 1.54) is 30.3 Å². The van der Waals surface area contributed by atoms with E-state index in [-0.39, 0.29) is 36.0 Å². The number of imide groups is 1. The number of benzene rings is 2. The molecule has 1 aliphatic heterocycles. The Bertz CT molecular complexity index is 1090. The zero-order valence-electron chi connectivity index (χ0n) is 15.8. The Morgan fingerprint density at radius 1 is 1.16 bits per heavy atom. The molecule has 11 heteroatoms. The van der Waals surface area contributed by atoms with E-state index < -0.39 is 16.1 Å². The van der Waals surface area contributed by atoms with Gasteiger partial charge in [0.05, 0.1) is 16.2 Å². The van der Waals surface area contributed by atoms with Crippen LogP contribution in [0.5, 0.6) is 0 Å². The Labute approximate surface area is 191 Å². The van der Waals surface area contributed by atoms with Crippen molar-refractivity contribution in [3.8, 4) is 0 Å². The molecular formula is C20H15Cl2N3O5S. The number of carbonyl (C=O) groups excluding carboxylic acids is 3. The summed E-state index contributed by atoms with van der Waals surface area (Å²) in [5.41, 5.74) is 1.10. The number of nitrogens with zero attached hydrogens (tertiary/aromatic N) is 2. The Morgan fingerprint density at radius 2 is 1.87 bits per heavy atom. The number of nitro groups is 1. The van der Waals surface area contributed by atoms with Crippen LogP contribution in [0.3, 0.4) is 0 Å². The fraction of sp³-hybridized carbons (Fsp3) is 0.150. The maximum absolute atomic E-state index is 12.5. The van der Waals surface area contributed by atoms with Crippen LogP contribution in [0, 0.1) is 10.1 Å². The van der Waals surface area contributed by atoms with Crippen molar-refractivity contribution in [3.63, 3.8) is 0 Å². The van der Waals surface area contributed by atoms with Gasteiger partial charge in [-0.3, -0.25) is 29.4 Å². The molecule has 2 aromatic carbocycles. The molecule has 1 heterocycles. The van der Waals surface area contributed by atoms with Crippen LogP contribution in [0.4, 0.5) is 10.5 Å². The lowest BCUT2D eigenvalue weighted by Gasteiger charge is -2.13. The number of amides is 3. The minimum Gasteiger partial charge on any atom is -0.354 e. The first-order valence-corrected chi connectivity index (χ1v) is 10.5. The summed E-state index contributed by atoms with van der Waals surface area (Å²) in [7, 11) is 0. The van der Waals surface area contributed by atoms with Crippen LogP contribution in [0.25, 0.3) is 6.08 Å². The third-order valence-electron chi connectivity index (χ3n) is 4.30. The van der Waals surface area contributed by atoms with E-state index in [0.29, 0.717) is 21.2 Å². The van der Waals surface area contributed by atoms with Crippen LogP contribution in [0.2, 0.25) is 10.0 Å². The van der Waals surface area contributed by atoms with Gasteiger partial charge >= 0.3 is 0 Å². The first-order valence-electron chi connectivity index (χ1n) is 8.95. The largest absolute Gasteiger partial charge is 0.354 e. The lowest BCUT2D eigenvalue weighted by Crippen LogP contribution is -2.37. The van der Waals surface area contributed by atoms with Crippen molar-refractivity contribution in [1.82, 2.24) is 10.2 Å². The topological polar surface area (TPSA) is 110 Å². The number of thioether (sulfide) groups is 1. The van der Waals surface area contributed by atoms with Gasteiger partial charge in [0.2, 0.25) is 5.91 Å². The zero-order chi connectivity index (χ0) is 22.5. The number of nitro benzene ring substituents is 1. The molecule has 0 saturated carbocycles. The third kappa shape index (κ3) is 5.84. The highest BCUT2D eigenvalue weighted by molar-refractivity contribution is 8.18. The van der Waals surface area contributed by atoms with Crippen molar-refractivity contribution in [2.45, 2.75) is 6.42 Å². The third-order valence-corrected chi connectivity index (χ3v) is 5.79. The molecule has 2 aromatic rings. The van der Waals surface area contributed by atoms with E-state index in [2.05, 4.69) is 5.32 Å². The van der Waals surface area contributed by atoms with Gasteiger partial charge in [0.15, 0.2) is 0 Å². The molecule has 31 heavy (non-hydrogen) atoms. The minimum absolute atomic E-state index is 0.0162. The molecule has 160 valence electrons. The fourth-order valence-corrected chi connectivity index (χ4v) is 4.08. The number of nitrogens with one attached hydrogen (secondary N) is 1. The Balaban J connectivity index is 1.55. The van der Waals surface area contributed by atoms with Gasteiger partial charge in [-0.25, -0.2) is 0 Å². The SMILES string of the molecule is O=C(Cc1ccc(Cl)cc1Cl)NCCN1C(=O)S/C(=C\c2ccc([N+](=O)[O-])cc2)C1=O. The molecule has 1 fully saturated rings. The summed E-state index contributed by atoms with van der Waals surface area (Å²) in [5, 5.41) is 13.8. The number of hydrogen-bond acceptors (Lipinski definition) is 6. The van der Waals surface area contributed by atoms with Gasteiger partial charge in [0.25, 0.3) is 16.8 Å². The minimum atomic E-state index is -0.521. The summed E-state index contributed by atoms with van der Waals surface area (Å²) >= 11 is 12.7. The highest BCUT2D eigenvalue weighted by Crippen LogP contribution is 2.32. The molecule has 1 N–H and O–H groups in total. The lowest BCUT2D eigenvalue weighted by molar-refractivity contribution is -0.384. The molecular weight excluding hydrogens is 465 g/mol. The number of carbonyl (C=O) groups is 3. The van der Waals surface area contributed by atoms with Gasteiger partial charge in [-0.15, -0.1) is 0 Å². The highest BCUT2D eigenvalue weighted by Gasteiger charge is 2.34. The molecule has 1 aliphatic rings. The predicted molar refractivity (Wildman–Crippen MR) is 119 cm³/mol. The van der Waals surface area contributed by atoms with Crippen LogP contribution in [-0.2, 0) is 16.0 Å². The van der Waals surface area contributed by atoms with E-state index in [0.717, 1.165) is 16.7 Å². The number of halogens is 2. The molecule has 0 bridgehead atoms. The highest BCUT2D eigenvalue weighted by atomic mass is 35.5. The molecule has 0 atom stereocenters. The van der Waals surface area contributed by atoms with Crippen LogP contribution < -0.4 is 5.32 Å². The quantitative estimate of drug-likeness (QED) is 0.360. The van der Waals surface area contributed by atoms with Crippen molar-refractivity contribution >= 4 is 63.8 Å². The van der Waals surface area contributed by atoms with Crippen molar-refractivity contribution < 1.29 is 19.3 Å². The van der Waals surface area contributed by atoms with Crippen molar-refractivity contribution in [2.75, 3.05) is 13.1 Å². The Hall–Kier alpha value is -2.88. The van der Waals surface area contributed by atoms with Gasteiger partial charge in [0.1, 0.15) is 0 Å². The summed E-state index contributed by atoms with van der Waals surface area (Å²) in [4.78, 5) is 48.2. The van der Waals surface area contributed by atoms with Gasteiger partial charge in [0, 0.05) is 35.3 Å². The van der Waals surface area contributed by atoms with E-state index in [1.54, 1.807) is 18.2 Å². The van der Waals surface area contributed by atoms with E-state index in [9.17, 15) is 24.5 Å². The Kier molecular flexibility index (Phi) is 7.32. The number of hydrogen-bond donors (Lipinski definition) is 1. The fourth-order valence-electron chi connectivity index (χ4n) is 2.74. The average molecular weight is 480 g/mol. The van der Waals surface area contributed by atoms with Gasteiger partial charge in [-0.2, -0.15) is 0 Å². The van der Waals surface area contributed by atoms with Crippen molar-refractivity contribution in [3.05, 3.63) is 78.7 Å². The molecule has 8 nitrogen and oxygen atoms in total. The summed E-state index contributed by atoms with van der Waals surface area (Å²) in [5.74, 6) is -0.791. The van der Waals surface area contributed by atoms with E-state index in [4.69, 9.17) is 23.2 Å². The summed E-state index contributed by atoms with van der Waals surface area (Å²) in [6.07, 6.45) is 1.54. The molecule has 1 saturated heterocycles. The van der Waals surface area contributed by atoms with Crippen molar-refractivity contribution in [2.24, 2.45) is 0 Å². The molecule has 0 aliphatic carbocycles. The van der Waals surface area contributed by atoms with Crippen LogP contribution >= 0.6 is 35.0 Å². The first-order chi connectivity index (χ1) is 14.7. The lowest BCUT2D eigenvalue weighted by atomic mass is 10.1. The molecule has 0 aromatic heterocycles. The average Bonchev–Trinajstić information content (AvgIpc) is 2.98. The van der Waals surface area contributed by atoms with Gasteiger partial charge in [-0.05, 0) is 53.2 Å². The monoisotopic (exact) mass is 479 g/mol. The molecule has 0 unspecified atom stereocenters. The first kappa shape index (κ1) is 22.8. The second kappa shape index (κ2) is 9.95. The van der Waals surface area contributed by atoms with E-state index in [1.807, 2.05) is 0 Å². The van der Waals surface area contributed by atoms with Gasteiger partial charge in [-0.1, -0.05) is 29.3 Å². The normalized spacial score (nSPS) is 14.9. The summed E-state index contributed by atoms with van der Waals surface area (Å²) in [6, 6.07) is 10.5. The molecule has 3 amide bonds. The maximum Gasteiger partial charge on any atom is 0.293 e. The second-order valence-corrected chi connectivity index (χ2v) is 8.28. The van der Waals surface area contributed by atoms with Crippen LogP contribution in [0.1, 0.15) is 11.1 Å². The molecule has 3 rings (SSSR count). The predicted octanol–water partition coefficient (Wildman–Crippen LogP) is 4.30. The molecule has 0 radical (unpaired) electrons. The second-order valence-electron chi connectivity index (χ2n) is 6.44. The smallest absolute Gasteiger partial charge is 0.293 e.